The van der Waals surface area contributed by atoms with Gasteiger partial charge in [0.15, 0.2) is 10.8 Å². The maximum absolute atomic E-state index is 12.1. The van der Waals surface area contributed by atoms with Gasteiger partial charge in [-0.3, -0.25) is 0 Å². The number of rotatable bonds is 5. The maximum Gasteiger partial charge on any atom is 0.319 e. The van der Waals surface area contributed by atoms with E-state index in [0.29, 0.717) is 18.0 Å². The van der Waals surface area contributed by atoms with Crippen LogP contribution < -0.4 is 15.4 Å². The molecule has 7 heteroatoms. The molecule has 0 saturated heterocycles. The van der Waals surface area contributed by atoms with Gasteiger partial charge in [-0.05, 0) is 31.2 Å². The van der Waals surface area contributed by atoms with Crippen LogP contribution in [0.15, 0.2) is 47.1 Å². The highest BCUT2D eigenvalue weighted by Crippen LogP contribution is 2.28. The maximum atomic E-state index is 12.1. The Morgan fingerprint density at radius 2 is 2.12 bits per heavy atom. The highest BCUT2D eigenvalue weighted by atomic mass is 32.1. The van der Waals surface area contributed by atoms with Gasteiger partial charge in [0.05, 0.1) is 31.3 Å². The van der Waals surface area contributed by atoms with E-state index in [1.807, 2.05) is 31.2 Å². The molecule has 3 aromatic rings. The predicted octanol–water partition coefficient (Wildman–Crippen LogP) is 4.04. The molecule has 2 amide bonds. The minimum Gasteiger partial charge on any atom is -0.495 e. The van der Waals surface area contributed by atoms with Gasteiger partial charge in [0.25, 0.3) is 0 Å². The molecular weight excluding hydrogens is 326 g/mol. The first-order valence-electron chi connectivity index (χ1n) is 7.35. The minimum atomic E-state index is -0.299. The number of thiazole rings is 1. The van der Waals surface area contributed by atoms with Crippen molar-refractivity contribution in [2.24, 2.45) is 0 Å². The van der Waals surface area contributed by atoms with Gasteiger partial charge in [0, 0.05) is 4.88 Å². The number of benzene rings is 1. The quantitative estimate of drug-likeness (QED) is 0.733. The van der Waals surface area contributed by atoms with Crippen LogP contribution >= 0.6 is 11.3 Å². The van der Waals surface area contributed by atoms with Gasteiger partial charge in [-0.2, -0.15) is 0 Å². The number of aryl methyl sites for hydroxylation is 1. The topological polar surface area (TPSA) is 76.4 Å². The summed E-state index contributed by atoms with van der Waals surface area (Å²) in [6.07, 6.45) is 1.62. The largest absolute Gasteiger partial charge is 0.495 e. The number of hydrogen-bond acceptors (Lipinski definition) is 5. The van der Waals surface area contributed by atoms with Gasteiger partial charge in [-0.1, -0.05) is 12.1 Å². The van der Waals surface area contributed by atoms with Gasteiger partial charge < -0.3 is 19.8 Å². The second kappa shape index (κ2) is 7.18. The molecule has 2 heterocycles. The number of amides is 2. The van der Waals surface area contributed by atoms with Crippen LogP contribution in [0.25, 0.3) is 10.8 Å². The summed E-state index contributed by atoms with van der Waals surface area (Å²) in [6.45, 7) is 2.31. The molecule has 0 aliphatic rings. The summed E-state index contributed by atoms with van der Waals surface area (Å²) in [6, 6.07) is 10.6. The van der Waals surface area contributed by atoms with Crippen molar-refractivity contribution in [3.05, 3.63) is 53.2 Å². The van der Waals surface area contributed by atoms with Crippen LogP contribution in [0.4, 0.5) is 10.5 Å². The summed E-state index contributed by atoms with van der Waals surface area (Å²) in [4.78, 5) is 17.5. The van der Waals surface area contributed by atoms with Crippen molar-refractivity contribution in [1.29, 1.82) is 0 Å². The Kier molecular flexibility index (Phi) is 4.81. The van der Waals surface area contributed by atoms with Crippen molar-refractivity contribution >= 4 is 23.1 Å². The van der Waals surface area contributed by atoms with Crippen molar-refractivity contribution in [2.75, 3.05) is 12.4 Å². The summed E-state index contributed by atoms with van der Waals surface area (Å²) in [7, 11) is 1.56. The number of furan rings is 1. The lowest BCUT2D eigenvalue weighted by molar-refractivity contribution is 0.251. The van der Waals surface area contributed by atoms with Gasteiger partial charge in [0.1, 0.15) is 5.75 Å². The van der Waals surface area contributed by atoms with E-state index in [1.54, 1.807) is 25.5 Å². The Hall–Kier alpha value is -2.80. The zero-order chi connectivity index (χ0) is 16.9. The van der Waals surface area contributed by atoms with E-state index in [4.69, 9.17) is 9.15 Å². The molecule has 6 nitrogen and oxygen atoms in total. The number of hydrogen-bond donors (Lipinski definition) is 2. The molecule has 0 unspecified atom stereocenters. The number of nitrogens with one attached hydrogen (secondary N) is 2. The van der Waals surface area contributed by atoms with Gasteiger partial charge in [-0.25, -0.2) is 9.78 Å². The first-order chi connectivity index (χ1) is 11.7. The summed E-state index contributed by atoms with van der Waals surface area (Å²) in [5.74, 6) is 1.34. The Balaban J connectivity index is 1.62. The van der Waals surface area contributed by atoms with Crippen LogP contribution in [0.1, 0.15) is 10.6 Å². The predicted molar refractivity (Wildman–Crippen MR) is 93.4 cm³/mol. The molecule has 0 atom stereocenters. The number of ether oxygens (including phenoxy) is 1. The molecule has 0 aliphatic carbocycles. The lowest BCUT2D eigenvalue weighted by atomic mass is 10.3. The fourth-order valence-corrected chi connectivity index (χ4v) is 3.14. The second-order valence-electron chi connectivity index (χ2n) is 5.01. The van der Waals surface area contributed by atoms with Gasteiger partial charge in [0.2, 0.25) is 0 Å². The summed E-state index contributed by atoms with van der Waals surface area (Å²) >= 11 is 1.50. The van der Waals surface area contributed by atoms with Crippen LogP contribution in [0.3, 0.4) is 0 Å². The SMILES string of the molecule is COc1ccccc1NC(=O)NCc1sc(-c2ccco2)nc1C. The summed E-state index contributed by atoms with van der Waals surface area (Å²) in [5.41, 5.74) is 1.50. The Bertz CT molecular complexity index is 827. The summed E-state index contributed by atoms with van der Waals surface area (Å²) < 4.78 is 10.6. The standard InChI is InChI=1S/C17H17N3O3S/c1-11-15(24-16(19-11)14-8-5-9-23-14)10-18-17(21)20-12-6-3-4-7-13(12)22-2/h3-9H,10H2,1-2H3,(H2,18,20,21). The number of para-hydroxylation sites is 2. The summed E-state index contributed by atoms with van der Waals surface area (Å²) in [5, 5.41) is 6.41. The lowest BCUT2D eigenvalue weighted by Crippen LogP contribution is -2.28. The Morgan fingerprint density at radius 1 is 1.29 bits per heavy atom. The van der Waals surface area contributed by atoms with Crippen molar-refractivity contribution in [2.45, 2.75) is 13.5 Å². The number of aromatic nitrogens is 1. The molecule has 1 aromatic carbocycles. The molecule has 0 saturated carbocycles. The van der Waals surface area contributed by atoms with Crippen LogP contribution in [0, 0.1) is 6.92 Å². The van der Waals surface area contributed by atoms with Crippen molar-refractivity contribution in [1.82, 2.24) is 10.3 Å². The van der Waals surface area contributed by atoms with Crippen LogP contribution in [-0.2, 0) is 6.54 Å². The van der Waals surface area contributed by atoms with E-state index in [-0.39, 0.29) is 6.03 Å². The van der Waals surface area contributed by atoms with E-state index < -0.39 is 0 Å². The number of methoxy groups -OCH3 is 1. The number of carbonyl (C=O) groups excluding carboxylic acids is 1. The van der Waals surface area contributed by atoms with E-state index >= 15 is 0 Å². The fraction of sp³-hybridized carbons (Fsp3) is 0.176. The molecule has 2 aromatic heterocycles. The van der Waals surface area contributed by atoms with Crippen LogP contribution in [-0.4, -0.2) is 18.1 Å². The first-order valence-corrected chi connectivity index (χ1v) is 8.17. The average Bonchev–Trinajstić information content (AvgIpc) is 3.23. The third kappa shape index (κ3) is 3.57. The second-order valence-corrected chi connectivity index (χ2v) is 6.10. The molecule has 0 radical (unpaired) electrons. The monoisotopic (exact) mass is 343 g/mol. The molecule has 24 heavy (non-hydrogen) atoms. The van der Waals surface area contributed by atoms with Gasteiger partial charge >= 0.3 is 6.03 Å². The van der Waals surface area contributed by atoms with Crippen LogP contribution in [0.5, 0.6) is 5.75 Å². The van der Waals surface area contributed by atoms with Crippen molar-refractivity contribution in [3.8, 4) is 16.5 Å². The van der Waals surface area contributed by atoms with Crippen LogP contribution in [0.2, 0.25) is 0 Å². The molecule has 0 aliphatic heterocycles. The number of nitrogens with zero attached hydrogens (tertiary/aromatic N) is 1. The molecule has 0 bridgehead atoms. The van der Waals surface area contributed by atoms with E-state index in [9.17, 15) is 4.79 Å². The third-order valence-corrected chi connectivity index (χ3v) is 4.56. The van der Waals surface area contributed by atoms with E-state index in [0.717, 1.165) is 21.3 Å². The zero-order valence-electron chi connectivity index (χ0n) is 13.3. The Morgan fingerprint density at radius 3 is 2.88 bits per heavy atom. The third-order valence-electron chi connectivity index (χ3n) is 3.39. The highest BCUT2D eigenvalue weighted by molar-refractivity contribution is 7.15. The van der Waals surface area contributed by atoms with Crippen molar-refractivity contribution < 1.29 is 13.9 Å². The minimum absolute atomic E-state index is 0.299. The normalized spacial score (nSPS) is 10.4. The molecule has 0 fully saturated rings. The molecule has 0 spiro atoms. The van der Waals surface area contributed by atoms with Crippen molar-refractivity contribution in [3.63, 3.8) is 0 Å². The smallest absolute Gasteiger partial charge is 0.319 e. The first kappa shape index (κ1) is 16.1. The lowest BCUT2D eigenvalue weighted by Gasteiger charge is -2.10. The zero-order valence-corrected chi connectivity index (χ0v) is 14.1. The highest BCUT2D eigenvalue weighted by Gasteiger charge is 2.13. The molecular formula is C17H17N3O3S. The number of urea groups is 1. The number of anilines is 1. The molecule has 3 rings (SSSR count). The van der Waals surface area contributed by atoms with E-state index in [1.165, 1.54) is 11.3 Å². The van der Waals surface area contributed by atoms with Gasteiger partial charge in [-0.15, -0.1) is 11.3 Å². The molecule has 124 valence electrons. The van der Waals surface area contributed by atoms with E-state index in [2.05, 4.69) is 15.6 Å². The average molecular weight is 343 g/mol. The number of carbonyl (C=O) groups is 1. The Labute approximate surface area is 143 Å². The molecule has 2 N–H and O–H groups in total. The fourth-order valence-electron chi connectivity index (χ4n) is 2.17.